The van der Waals surface area contributed by atoms with E-state index in [0.29, 0.717) is 28.6 Å². The van der Waals surface area contributed by atoms with Crippen molar-refractivity contribution in [3.63, 3.8) is 0 Å². The smallest absolute Gasteiger partial charge is 0.255 e. The van der Waals surface area contributed by atoms with Gasteiger partial charge in [0.25, 0.3) is 5.91 Å². The van der Waals surface area contributed by atoms with E-state index in [4.69, 9.17) is 22.1 Å². The van der Waals surface area contributed by atoms with Gasteiger partial charge >= 0.3 is 0 Å². The van der Waals surface area contributed by atoms with Crippen LogP contribution in [0.25, 0.3) is 0 Å². The lowest BCUT2D eigenvalue weighted by atomic mass is 9.97. The number of nitrogens with zero attached hydrogens (tertiary/aromatic N) is 1. The van der Waals surface area contributed by atoms with Gasteiger partial charge < -0.3 is 20.7 Å². The number of nitrogens with one attached hydrogen (secondary N) is 1. The average molecular weight is 344 g/mol. The Balaban J connectivity index is 2.14. The molecule has 1 heterocycles. The average Bonchev–Trinajstić information content (AvgIpc) is 2.97. The van der Waals surface area contributed by atoms with Crippen LogP contribution in [0.4, 0.5) is 5.69 Å². The Kier molecular flexibility index (Phi) is 5.47. The van der Waals surface area contributed by atoms with Gasteiger partial charge in [-0.3, -0.25) is 4.79 Å². The predicted octanol–water partition coefficient (Wildman–Crippen LogP) is 2.10. The second-order valence-corrected chi connectivity index (χ2v) is 7.19. The SMILES string of the molecule is COc1cc(N)c(Cl)cc1C(=O)NCC1(N(C)C)CCSC1. The Hall–Kier alpha value is -1.11. The number of anilines is 1. The van der Waals surface area contributed by atoms with Crippen LogP contribution < -0.4 is 15.8 Å². The first-order valence-corrected chi connectivity index (χ1v) is 8.59. The molecule has 22 heavy (non-hydrogen) atoms. The number of rotatable bonds is 5. The zero-order valence-corrected chi connectivity index (χ0v) is 14.7. The van der Waals surface area contributed by atoms with Crippen molar-refractivity contribution in [3.8, 4) is 5.75 Å². The summed E-state index contributed by atoms with van der Waals surface area (Å²) in [7, 11) is 5.62. The molecule has 1 atom stereocenters. The van der Waals surface area contributed by atoms with Crippen LogP contribution in [-0.2, 0) is 0 Å². The monoisotopic (exact) mass is 343 g/mol. The van der Waals surface area contributed by atoms with Gasteiger partial charge in [-0.1, -0.05) is 11.6 Å². The molecule has 3 N–H and O–H groups in total. The summed E-state index contributed by atoms with van der Waals surface area (Å²) in [5.41, 5.74) is 6.55. The Bertz CT molecular complexity index is 560. The van der Waals surface area contributed by atoms with Gasteiger partial charge in [0, 0.05) is 23.9 Å². The zero-order chi connectivity index (χ0) is 16.3. The van der Waals surface area contributed by atoms with Gasteiger partial charge in [0.2, 0.25) is 0 Å². The lowest BCUT2D eigenvalue weighted by Crippen LogP contribution is -2.53. The number of halogens is 1. The lowest BCUT2D eigenvalue weighted by Gasteiger charge is -2.35. The molecule has 1 aliphatic rings. The molecule has 0 saturated carbocycles. The summed E-state index contributed by atoms with van der Waals surface area (Å²) < 4.78 is 5.23. The first kappa shape index (κ1) is 17.2. The summed E-state index contributed by atoms with van der Waals surface area (Å²) in [5, 5.41) is 3.36. The molecule has 7 heteroatoms. The Morgan fingerprint density at radius 2 is 2.27 bits per heavy atom. The van der Waals surface area contributed by atoms with Crippen molar-refractivity contribution in [2.75, 3.05) is 45.0 Å². The summed E-state index contributed by atoms with van der Waals surface area (Å²) >= 11 is 7.93. The van der Waals surface area contributed by atoms with Crippen LogP contribution in [0.2, 0.25) is 5.02 Å². The third kappa shape index (κ3) is 3.45. The number of ether oxygens (including phenoxy) is 1. The lowest BCUT2D eigenvalue weighted by molar-refractivity contribution is 0.0911. The number of thioether (sulfide) groups is 1. The summed E-state index contributed by atoms with van der Waals surface area (Å²) in [5.74, 6) is 2.36. The quantitative estimate of drug-likeness (QED) is 0.801. The number of amides is 1. The molecule has 0 aromatic heterocycles. The van der Waals surface area contributed by atoms with E-state index in [1.807, 2.05) is 11.8 Å². The van der Waals surface area contributed by atoms with E-state index in [1.54, 1.807) is 12.1 Å². The highest BCUT2D eigenvalue weighted by Crippen LogP contribution is 2.32. The van der Waals surface area contributed by atoms with Crippen LogP contribution in [0.3, 0.4) is 0 Å². The molecule has 1 unspecified atom stereocenters. The largest absolute Gasteiger partial charge is 0.496 e. The van der Waals surface area contributed by atoms with Crippen molar-refractivity contribution >= 4 is 35.0 Å². The third-order valence-electron chi connectivity index (χ3n) is 4.17. The maximum atomic E-state index is 12.5. The van der Waals surface area contributed by atoms with Gasteiger partial charge in [-0.05, 0) is 32.3 Å². The van der Waals surface area contributed by atoms with Gasteiger partial charge in [0.05, 0.1) is 23.4 Å². The molecule has 0 radical (unpaired) electrons. The van der Waals surface area contributed by atoms with Crippen molar-refractivity contribution in [1.82, 2.24) is 10.2 Å². The fraction of sp³-hybridized carbons (Fsp3) is 0.533. The zero-order valence-electron chi connectivity index (χ0n) is 13.1. The third-order valence-corrected chi connectivity index (χ3v) is 5.73. The minimum atomic E-state index is -0.197. The summed E-state index contributed by atoms with van der Waals surface area (Å²) in [4.78, 5) is 14.7. The minimum absolute atomic E-state index is 0.00512. The normalized spacial score (nSPS) is 21.1. The van der Waals surface area contributed by atoms with Gasteiger partial charge in [-0.2, -0.15) is 11.8 Å². The molecule has 0 bridgehead atoms. The number of nitrogen functional groups attached to an aromatic ring is 1. The maximum Gasteiger partial charge on any atom is 0.255 e. The highest BCUT2D eigenvalue weighted by atomic mass is 35.5. The number of nitrogens with two attached hydrogens (primary N) is 1. The van der Waals surface area contributed by atoms with E-state index in [-0.39, 0.29) is 11.4 Å². The van der Waals surface area contributed by atoms with Crippen molar-refractivity contribution in [3.05, 3.63) is 22.7 Å². The van der Waals surface area contributed by atoms with E-state index in [9.17, 15) is 4.79 Å². The molecule has 1 fully saturated rings. The minimum Gasteiger partial charge on any atom is -0.496 e. The van der Waals surface area contributed by atoms with Crippen molar-refractivity contribution in [2.45, 2.75) is 12.0 Å². The molecule has 122 valence electrons. The Labute approximate surface area is 140 Å². The Morgan fingerprint density at radius 3 is 2.82 bits per heavy atom. The number of methoxy groups -OCH3 is 1. The number of hydrogen-bond acceptors (Lipinski definition) is 5. The summed E-state index contributed by atoms with van der Waals surface area (Å²) in [6.07, 6.45) is 1.06. The van der Waals surface area contributed by atoms with E-state index in [1.165, 1.54) is 7.11 Å². The number of hydrogen-bond donors (Lipinski definition) is 2. The second-order valence-electron chi connectivity index (χ2n) is 5.68. The number of carbonyl (C=O) groups excluding carboxylic acids is 1. The molecule has 5 nitrogen and oxygen atoms in total. The molecule has 0 aliphatic carbocycles. The molecule has 1 amide bonds. The number of likely N-dealkylation sites (N-methyl/N-ethyl adjacent to an activating group) is 1. The standard InChI is InChI=1S/C15H22ClN3O2S/c1-19(2)15(4-5-22-9-15)8-18-14(20)10-6-11(16)12(17)7-13(10)21-3/h6-7H,4-5,8-9,17H2,1-3H3,(H,18,20). The van der Waals surface area contributed by atoms with Gasteiger partial charge in [-0.25, -0.2) is 0 Å². The van der Waals surface area contributed by atoms with Crippen LogP contribution in [0.15, 0.2) is 12.1 Å². The van der Waals surface area contributed by atoms with Gasteiger partial charge in [-0.15, -0.1) is 0 Å². The molecule has 1 aliphatic heterocycles. The van der Waals surface area contributed by atoms with Crippen molar-refractivity contribution in [1.29, 1.82) is 0 Å². The van der Waals surface area contributed by atoms with Gasteiger partial charge in [0.15, 0.2) is 0 Å². The molecular formula is C15H22ClN3O2S. The van der Waals surface area contributed by atoms with E-state index >= 15 is 0 Å². The topological polar surface area (TPSA) is 67.6 Å². The first-order valence-electron chi connectivity index (χ1n) is 7.06. The predicted molar refractivity (Wildman–Crippen MR) is 93.1 cm³/mol. The van der Waals surface area contributed by atoms with E-state index in [0.717, 1.165) is 17.9 Å². The fourth-order valence-electron chi connectivity index (χ4n) is 2.50. The molecule has 1 aromatic rings. The van der Waals surface area contributed by atoms with Crippen molar-refractivity contribution in [2.24, 2.45) is 0 Å². The second kappa shape index (κ2) is 6.98. The number of carbonyl (C=O) groups is 1. The van der Waals surface area contributed by atoms with E-state index < -0.39 is 0 Å². The molecule has 1 saturated heterocycles. The van der Waals surface area contributed by atoms with Gasteiger partial charge in [0.1, 0.15) is 5.75 Å². The molecule has 1 aromatic carbocycles. The van der Waals surface area contributed by atoms with Crippen molar-refractivity contribution < 1.29 is 9.53 Å². The highest BCUT2D eigenvalue weighted by molar-refractivity contribution is 7.99. The maximum absolute atomic E-state index is 12.5. The highest BCUT2D eigenvalue weighted by Gasteiger charge is 2.37. The molecule has 0 spiro atoms. The summed E-state index contributed by atoms with van der Waals surface area (Å²) in [6, 6.07) is 3.13. The Morgan fingerprint density at radius 1 is 1.55 bits per heavy atom. The van der Waals surface area contributed by atoms with Crippen LogP contribution in [-0.4, -0.2) is 55.6 Å². The van der Waals surface area contributed by atoms with Crippen LogP contribution >= 0.6 is 23.4 Å². The molecular weight excluding hydrogens is 322 g/mol. The molecule has 2 rings (SSSR count). The number of benzene rings is 1. The van der Waals surface area contributed by atoms with E-state index in [2.05, 4.69) is 24.3 Å². The first-order chi connectivity index (χ1) is 10.4. The van der Waals surface area contributed by atoms with Crippen LogP contribution in [0.5, 0.6) is 5.75 Å². The van der Waals surface area contributed by atoms with Crippen LogP contribution in [0, 0.1) is 0 Å². The fourth-order valence-corrected chi connectivity index (χ4v) is 4.22. The van der Waals surface area contributed by atoms with Crippen LogP contribution in [0.1, 0.15) is 16.8 Å². The summed E-state index contributed by atoms with van der Waals surface area (Å²) in [6.45, 7) is 0.594.